The number of guanidine groups is 1. The largest absolute Gasteiger partial charge is 0.466 e. The van der Waals surface area contributed by atoms with Crippen molar-refractivity contribution in [2.24, 2.45) is 10.9 Å². The summed E-state index contributed by atoms with van der Waals surface area (Å²) >= 11 is 0. The Hall–Kier alpha value is -2.91. The molecule has 1 aromatic heterocycles. The molecule has 3 rings (SSSR count). The van der Waals surface area contributed by atoms with Gasteiger partial charge in [-0.2, -0.15) is 0 Å². The molecular weight excluding hydrogens is 410 g/mol. The second-order valence-corrected chi connectivity index (χ2v) is 7.94. The third-order valence-electron chi connectivity index (χ3n) is 5.73. The van der Waals surface area contributed by atoms with Crippen LogP contribution in [0.1, 0.15) is 33.1 Å². The predicted molar refractivity (Wildman–Crippen MR) is 122 cm³/mol. The number of piperazine rings is 1. The van der Waals surface area contributed by atoms with Crippen molar-refractivity contribution in [3.63, 3.8) is 0 Å². The van der Waals surface area contributed by atoms with Gasteiger partial charge in [-0.05, 0) is 32.8 Å². The normalized spacial score (nSPS) is 19.6. The second kappa shape index (κ2) is 12.2. The van der Waals surface area contributed by atoms with Gasteiger partial charge in [-0.1, -0.05) is 0 Å². The number of nitrogens with one attached hydrogen (secondary N) is 1. The number of carbonyl (C=O) groups is 2. The molecule has 10 nitrogen and oxygen atoms in total. The van der Waals surface area contributed by atoms with Crippen LogP contribution in [0.4, 0.5) is 5.95 Å². The van der Waals surface area contributed by atoms with E-state index in [0.29, 0.717) is 45.2 Å². The number of carbonyl (C=O) groups excluding carboxylic acids is 2. The van der Waals surface area contributed by atoms with Crippen LogP contribution in [-0.4, -0.2) is 96.6 Å². The number of hydrogen-bond donors (Lipinski definition) is 1. The van der Waals surface area contributed by atoms with Crippen molar-refractivity contribution in [1.29, 1.82) is 0 Å². The zero-order chi connectivity index (χ0) is 22.8. The van der Waals surface area contributed by atoms with Gasteiger partial charge in [0, 0.05) is 64.6 Å². The quantitative estimate of drug-likeness (QED) is 0.373. The molecular formula is C22H35N7O3. The number of amides is 1. The van der Waals surface area contributed by atoms with Crippen molar-refractivity contribution < 1.29 is 14.3 Å². The zero-order valence-corrected chi connectivity index (χ0v) is 19.2. The molecule has 32 heavy (non-hydrogen) atoms. The molecule has 1 unspecified atom stereocenters. The predicted octanol–water partition coefficient (Wildman–Crippen LogP) is 0.756. The number of aromatic nitrogens is 2. The highest BCUT2D eigenvalue weighted by molar-refractivity contribution is 5.82. The molecule has 0 saturated carbocycles. The summed E-state index contributed by atoms with van der Waals surface area (Å²) in [6.07, 6.45) is 5.59. The summed E-state index contributed by atoms with van der Waals surface area (Å²) in [5, 5.41) is 3.30. The molecule has 1 N–H and O–H groups in total. The van der Waals surface area contributed by atoms with E-state index in [0.717, 1.165) is 45.0 Å². The van der Waals surface area contributed by atoms with Crippen molar-refractivity contribution in [3.05, 3.63) is 18.5 Å². The topological polar surface area (TPSA) is 103 Å². The summed E-state index contributed by atoms with van der Waals surface area (Å²) < 4.78 is 5.20. The molecule has 0 aromatic carbocycles. The third-order valence-corrected chi connectivity index (χ3v) is 5.73. The number of hydrogen-bond acceptors (Lipinski definition) is 7. The number of rotatable bonds is 7. The average molecular weight is 446 g/mol. The van der Waals surface area contributed by atoms with Gasteiger partial charge in [0.15, 0.2) is 5.96 Å². The number of nitrogens with zero attached hydrogens (tertiary/aromatic N) is 6. The lowest BCUT2D eigenvalue weighted by Crippen LogP contribution is -2.49. The number of anilines is 1. The van der Waals surface area contributed by atoms with Crippen molar-refractivity contribution in [2.75, 3.05) is 63.9 Å². The number of ether oxygens (including phenoxy) is 1. The van der Waals surface area contributed by atoms with Crippen LogP contribution in [0.15, 0.2) is 23.5 Å². The molecule has 0 bridgehead atoms. The summed E-state index contributed by atoms with van der Waals surface area (Å²) in [4.78, 5) is 44.2. The fraction of sp³-hybridized carbons (Fsp3) is 0.682. The average Bonchev–Trinajstić information content (AvgIpc) is 2.84. The van der Waals surface area contributed by atoms with Gasteiger partial charge in [-0.25, -0.2) is 9.97 Å². The van der Waals surface area contributed by atoms with Crippen LogP contribution >= 0.6 is 0 Å². The maximum absolute atomic E-state index is 12.7. The van der Waals surface area contributed by atoms with E-state index >= 15 is 0 Å². The SMILES string of the molecule is CCNC(=NCCC(=O)N1CCN(c2ncccn2)CC1)N1CCCC(C(=O)OCC)C1. The van der Waals surface area contributed by atoms with Crippen molar-refractivity contribution >= 4 is 23.8 Å². The fourth-order valence-electron chi connectivity index (χ4n) is 4.07. The summed E-state index contributed by atoms with van der Waals surface area (Å²) in [6.45, 7) is 9.62. The van der Waals surface area contributed by atoms with E-state index in [2.05, 4.69) is 30.1 Å². The van der Waals surface area contributed by atoms with Crippen LogP contribution in [0.2, 0.25) is 0 Å². The monoisotopic (exact) mass is 445 g/mol. The fourth-order valence-corrected chi connectivity index (χ4v) is 4.07. The lowest BCUT2D eigenvalue weighted by atomic mass is 9.98. The van der Waals surface area contributed by atoms with Crippen LogP contribution in [0, 0.1) is 5.92 Å². The summed E-state index contributed by atoms with van der Waals surface area (Å²) in [6, 6.07) is 1.80. The summed E-state index contributed by atoms with van der Waals surface area (Å²) in [5.41, 5.74) is 0. The Morgan fingerprint density at radius 1 is 1.12 bits per heavy atom. The lowest BCUT2D eigenvalue weighted by molar-refractivity contribution is -0.149. The Morgan fingerprint density at radius 2 is 1.88 bits per heavy atom. The highest BCUT2D eigenvalue weighted by Crippen LogP contribution is 2.18. The maximum Gasteiger partial charge on any atom is 0.310 e. The highest BCUT2D eigenvalue weighted by atomic mass is 16.5. The summed E-state index contributed by atoms with van der Waals surface area (Å²) in [7, 11) is 0. The van der Waals surface area contributed by atoms with E-state index < -0.39 is 0 Å². The number of likely N-dealkylation sites (tertiary alicyclic amines) is 1. The molecule has 2 saturated heterocycles. The van der Waals surface area contributed by atoms with E-state index in [1.807, 2.05) is 18.7 Å². The van der Waals surface area contributed by atoms with Gasteiger partial charge in [-0.3, -0.25) is 14.6 Å². The Morgan fingerprint density at radius 3 is 2.56 bits per heavy atom. The van der Waals surface area contributed by atoms with E-state index in [1.165, 1.54) is 0 Å². The minimum absolute atomic E-state index is 0.112. The van der Waals surface area contributed by atoms with E-state index in [-0.39, 0.29) is 17.8 Å². The van der Waals surface area contributed by atoms with Gasteiger partial charge < -0.3 is 24.8 Å². The van der Waals surface area contributed by atoms with Gasteiger partial charge >= 0.3 is 5.97 Å². The minimum Gasteiger partial charge on any atom is -0.466 e. The van der Waals surface area contributed by atoms with Gasteiger partial charge in [0.2, 0.25) is 11.9 Å². The summed E-state index contributed by atoms with van der Waals surface area (Å²) in [5.74, 6) is 1.33. The molecule has 0 spiro atoms. The molecule has 2 aliphatic rings. The molecule has 1 amide bonds. The zero-order valence-electron chi connectivity index (χ0n) is 19.2. The molecule has 1 aromatic rings. The Kier molecular flexibility index (Phi) is 9.06. The Bertz CT molecular complexity index is 766. The van der Waals surface area contributed by atoms with E-state index in [9.17, 15) is 9.59 Å². The molecule has 2 fully saturated rings. The first-order valence-electron chi connectivity index (χ1n) is 11.6. The van der Waals surface area contributed by atoms with Crippen LogP contribution in [0.5, 0.6) is 0 Å². The number of esters is 1. The minimum atomic E-state index is -0.136. The number of piperidine rings is 1. The molecule has 176 valence electrons. The Labute approximate surface area is 190 Å². The smallest absolute Gasteiger partial charge is 0.310 e. The van der Waals surface area contributed by atoms with Crippen molar-refractivity contribution in [1.82, 2.24) is 25.1 Å². The van der Waals surface area contributed by atoms with Gasteiger partial charge in [0.25, 0.3) is 0 Å². The molecule has 0 aliphatic carbocycles. The third kappa shape index (κ3) is 6.54. The first-order chi connectivity index (χ1) is 15.6. The van der Waals surface area contributed by atoms with Crippen LogP contribution in [0.25, 0.3) is 0 Å². The number of aliphatic imine (C=N–C) groups is 1. The first kappa shape index (κ1) is 23.7. The van der Waals surface area contributed by atoms with Crippen molar-refractivity contribution in [2.45, 2.75) is 33.1 Å². The van der Waals surface area contributed by atoms with Crippen LogP contribution < -0.4 is 10.2 Å². The highest BCUT2D eigenvalue weighted by Gasteiger charge is 2.28. The van der Waals surface area contributed by atoms with E-state index in [1.54, 1.807) is 18.5 Å². The van der Waals surface area contributed by atoms with E-state index in [4.69, 9.17) is 4.74 Å². The second-order valence-electron chi connectivity index (χ2n) is 7.94. The maximum atomic E-state index is 12.7. The standard InChI is InChI=1S/C22H35N7O3/c1-3-23-21(29-12-5-7-18(17-29)20(31)32-4-2)26-11-8-19(30)27-13-15-28(16-14-27)22-24-9-6-10-25-22/h6,9-10,18H,3-5,7-8,11-17H2,1-2H3,(H,23,26). The molecule has 3 heterocycles. The van der Waals surface area contributed by atoms with Gasteiger partial charge in [-0.15, -0.1) is 0 Å². The lowest BCUT2D eigenvalue weighted by Gasteiger charge is -2.35. The Balaban J connectivity index is 1.48. The molecule has 10 heteroatoms. The molecule has 1 atom stereocenters. The van der Waals surface area contributed by atoms with Crippen LogP contribution in [-0.2, 0) is 14.3 Å². The van der Waals surface area contributed by atoms with Gasteiger partial charge in [0.1, 0.15) is 0 Å². The van der Waals surface area contributed by atoms with Crippen LogP contribution in [0.3, 0.4) is 0 Å². The van der Waals surface area contributed by atoms with Gasteiger partial charge in [0.05, 0.1) is 19.1 Å². The molecule has 2 aliphatic heterocycles. The molecule has 0 radical (unpaired) electrons. The first-order valence-corrected chi connectivity index (χ1v) is 11.6. The van der Waals surface area contributed by atoms with Crippen molar-refractivity contribution in [3.8, 4) is 0 Å².